The summed E-state index contributed by atoms with van der Waals surface area (Å²) in [5, 5.41) is 12.7. The highest BCUT2D eigenvalue weighted by Crippen LogP contribution is 2.33. The van der Waals surface area contributed by atoms with E-state index in [1.165, 1.54) is 11.1 Å². The molecule has 144 valence electrons. The summed E-state index contributed by atoms with van der Waals surface area (Å²) in [6.45, 7) is 0.439. The highest BCUT2D eigenvalue weighted by molar-refractivity contribution is 5.55. The SMILES string of the molecule is N#Cc1ccc(C(F)(F)F)nc1N1CCCC(n2ccc(C(F)(F)F)n2)C1. The van der Waals surface area contributed by atoms with Gasteiger partial charge in [-0.05, 0) is 31.0 Å². The lowest BCUT2D eigenvalue weighted by Gasteiger charge is -2.34. The minimum atomic E-state index is -4.67. The Balaban J connectivity index is 1.88. The topological polar surface area (TPSA) is 57.7 Å². The normalized spacial score (nSPS) is 18.4. The van der Waals surface area contributed by atoms with E-state index < -0.39 is 29.8 Å². The van der Waals surface area contributed by atoms with E-state index in [4.69, 9.17) is 0 Å². The van der Waals surface area contributed by atoms with Crippen molar-refractivity contribution in [2.75, 3.05) is 18.0 Å². The van der Waals surface area contributed by atoms with E-state index in [2.05, 4.69) is 10.1 Å². The lowest BCUT2D eigenvalue weighted by atomic mass is 10.1. The van der Waals surface area contributed by atoms with Crippen LogP contribution in [0.2, 0.25) is 0 Å². The average Bonchev–Trinajstić information content (AvgIpc) is 3.11. The average molecular weight is 389 g/mol. The molecule has 0 saturated carbocycles. The van der Waals surface area contributed by atoms with Gasteiger partial charge >= 0.3 is 12.4 Å². The van der Waals surface area contributed by atoms with Gasteiger partial charge in [-0.2, -0.15) is 36.7 Å². The Morgan fingerprint density at radius 2 is 1.74 bits per heavy atom. The van der Waals surface area contributed by atoms with Gasteiger partial charge in [0.05, 0.1) is 11.6 Å². The van der Waals surface area contributed by atoms with Crippen molar-refractivity contribution in [1.82, 2.24) is 14.8 Å². The molecule has 0 bridgehead atoms. The molecule has 3 heterocycles. The second-order valence-electron chi connectivity index (χ2n) is 6.10. The highest BCUT2D eigenvalue weighted by Gasteiger charge is 2.36. The number of pyridine rings is 1. The van der Waals surface area contributed by atoms with Crippen LogP contribution in [0.5, 0.6) is 0 Å². The predicted octanol–water partition coefficient (Wildman–Crippen LogP) is 4.03. The summed E-state index contributed by atoms with van der Waals surface area (Å²) in [6, 6.07) is 3.96. The Hall–Kier alpha value is -2.77. The number of hydrogen-bond donors (Lipinski definition) is 0. The molecule has 11 heteroatoms. The first-order chi connectivity index (χ1) is 12.6. The molecule has 0 spiro atoms. The molecular weight excluding hydrogens is 376 g/mol. The summed E-state index contributed by atoms with van der Waals surface area (Å²) in [6.07, 6.45) is -7.02. The Kier molecular flexibility index (Phi) is 4.75. The third-order valence-corrected chi connectivity index (χ3v) is 4.25. The zero-order valence-electron chi connectivity index (χ0n) is 13.7. The molecule has 2 aromatic rings. The largest absolute Gasteiger partial charge is 0.435 e. The van der Waals surface area contributed by atoms with Gasteiger partial charge in [-0.25, -0.2) is 4.98 Å². The molecule has 0 amide bonds. The summed E-state index contributed by atoms with van der Waals surface area (Å²) in [5.41, 5.74) is -2.19. The van der Waals surface area contributed by atoms with Crippen LogP contribution in [0, 0.1) is 11.3 Å². The maximum absolute atomic E-state index is 12.9. The molecule has 1 saturated heterocycles. The summed E-state index contributed by atoms with van der Waals surface area (Å²) in [5.74, 6) is -0.125. The van der Waals surface area contributed by atoms with Crippen molar-refractivity contribution in [2.24, 2.45) is 0 Å². The maximum Gasteiger partial charge on any atom is 0.435 e. The summed E-state index contributed by atoms with van der Waals surface area (Å²) < 4.78 is 78.2. The van der Waals surface area contributed by atoms with Gasteiger partial charge in [0.2, 0.25) is 0 Å². The van der Waals surface area contributed by atoms with Crippen LogP contribution in [0.25, 0.3) is 0 Å². The van der Waals surface area contributed by atoms with Crippen LogP contribution < -0.4 is 4.90 Å². The van der Waals surface area contributed by atoms with Crippen molar-refractivity contribution in [3.8, 4) is 6.07 Å². The van der Waals surface area contributed by atoms with Crippen LogP contribution in [-0.4, -0.2) is 27.9 Å². The van der Waals surface area contributed by atoms with Crippen LogP contribution in [0.15, 0.2) is 24.4 Å². The van der Waals surface area contributed by atoms with E-state index in [0.717, 1.165) is 22.9 Å². The van der Waals surface area contributed by atoms with E-state index in [9.17, 15) is 31.6 Å². The Bertz CT molecular complexity index is 863. The van der Waals surface area contributed by atoms with Gasteiger partial charge in [-0.15, -0.1) is 0 Å². The van der Waals surface area contributed by atoms with Crippen LogP contribution in [-0.2, 0) is 12.4 Å². The van der Waals surface area contributed by atoms with Crippen molar-refractivity contribution >= 4 is 5.82 Å². The number of anilines is 1. The third-order valence-electron chi connectivity index (χ3n) is 4.25. The standard InChI is InChI=1S/C16H13F6N5/c17-15(18,19)12-4-3-10(8-23)14(24-12)26-6-1-2-11(9-26)27-7-5-13(25-27)16(20,21)22/h3-5,7,11H,1-2,6,9H2. The second kappa shape index (κ2) is 6.75. The molecule has 0 aliphatic carbocycles. The van der Waals surface area contributed by atoms with Crippen molar-refractivity contribution < 1.29 is 26.3 Å². The molecule has 0 N–H and O–H groups in total. The van der Waals surface area contributed by atoms with Gasteiger partial charge in [-0.1, -0.05) is 0 Å². The lowest BCUT2D eigenvalue weighted by Crippen LogP contribution is -2.38. The van der Waals surface area contributed by atoms with Crippen LogP contribution in [0.4, 0.5) is 32.2 Å². The zero-order valence-corrected chi connectivity index (χ0v) is 13.7. The van der Waals surface area contributed by atoms with Gasteiger partial charge < -0.3 is 4.90 Å². The molecule has 27 heavy (non-hydrogen) atoms. The van der Waals surface area contributed by atoms with Gasteiger partial charge in [0, 0.05) is 19.3 Å². The first-order valence-electron chi connectivity index (χ1n) is 7.95. The number of hydrogen-bond acceptors (Lipinski definition) is 4. The van der Waals surface area contributed by atoms with Crippen molar-refractivity contribution in [2.45, 2.75) is 31.2 Å². The van der Waals surface area contributed by atoms with Crippen molar-refractivity contribution in [1.29, 1.82) is 5.26 Å². The number of alkyl halides is 6. The summed E-state index contributed by atoms with van der Waals surface area (Å²) in [4.78, 5) is 5.06. The number of aromatic nitrogens is 3. The van der Waals surface area contributed by atoms with Gasteiger partial charge in [-0.3, -0.25) is 4.68 Å². The number of halogens is 6. The number of rotatable bonds is 2. The molecule has 1 fully saturated rings. The zero-order chi connectivity index (χ0) is 19.8. The first kappa shape index (κ1) is 19.0. The summed E-state index contributed by atoms with van der Waals surface area (Å²) in [7, 11) is 0. The predicted molar refractivity (Wildman–Crippen MR) is 81.7 cm³/mol. The van der Waals surface area contributed by atoms with E-state index >= 15 is 0 Å². The maximum atomic E-state index is 12.9. The molecule has 3 rings (SSSR count). The van der Waals surface area contributed by atoms with E-state index in [1.807, 2.05) is 6.07 Å². The number of nitrogens with zero attached hydrogens (tertiary/aromatic N) is 5. The quantitative estimate of drug-likeness (QED) is 0.728. The Morgan fingerprint density at radius 3 is 2.33 bits per heavy atom. The number of nitriles is 1. The molecule has 1 aliphatic rings. The monoisotopic (exact) mass is 389 g/mol. The van der Waals surface area contributed by atoms with E-state index in [1.54, 1.807) is 0 Å². The van der Waals surface area contributed by atoms with Crippen LogP contribution in [0.1, 0.15) is 35.8 Å². The Labute approximate surface area is 149 Å². The molecular formula is C16H13F6N5. The fraction of sp³-hybridized carbons (Fsp3) is 0.438. The van der Waals surface area contributed by atoms with Crippen LogP contribution in [0.3, 0.4) is 0 Å². The van der Waals surface area contributed by atoms with Crippen LogP contribution >= 0.6 is 0 Å². The fourth-order valence-corrected chi connectivity index (χ4v) is 2.99. The minimum absolute atomic E-state index is 0.0277. The summed E-state index contributed by atoms with van der Waals surface area (Å²) >= 11 is 0. The minimum Gasteiger partial charge on any atom is -0.353 e. The fourth-order valence-electron chi connectivity index (χ4n) is 2.99. The van der Waals surface area contributed by atoms with Crippen molar-refractivity contribution in [3.05, 3.63) is 41.3 Å². The third kappa shape index (κ3) is 3.99. The van der Waals surface area contributed by atoms with Crippen molar-refractivity contribution in [3.63, 3.8) is 0 Å². The molecule has 1 aliphatic heterocycles. The smallest absolute Gasteiger partial charge is 0.353 e. The van der Waals surface area contributed by atoms with E-state index in [-0.39, 0.29) is 17.9 Å². The second-order valence-corrected chi connectivity index (χ2v) is 6.10. The molecule has 2 aromatic heterocycles. The molecule has 0 radical (unpaired) electrons. The lowest BCUT2D eigenvalue weighted by molar-refractivity contribution is -0.142. The molecule has 1 unspecified atom stereocenters. The van der Waals surface area contributed by atoms with E-state index in [0.29, 0.717) is 19.4 Å². The van der Waals surface area contributed by atoms with Gasteiger partial charge in [0.1, 0.15) is 17.6 Å². The number of piperidine rings is 1. The Morgan fingerprint density at radius 1 is 1.04 bits per heavy atom. The van der Waals surface area contributed by atoms with Gasteiger partial charge in [0.25, 0.3) is 0 Å². The molecule has 0 aromatic carbocycles. The molecule has 1 atom stereocenters. The first-order valence-corrected chi connectivity index (χ1v) is 7.95. The van der Waals surface area contributed by atoms with Gasteiger partial charge in [0.15, 0.2) is 5.69 Å². The molecule has 5 nitrogen and oxygen atoms in total. The highest BCUT2D eigenvalue weighted by atomic mass is 19.4.